The minimum Gasteiger partial charge on any atom is -0.506 e. The van der Waals surface area contributed by atoms with Gasteiger partial charge in [0.25, 0.3) is 0 Å². The van der Waals surface area contributed by atoms with Crippen LogP contribution >= 0.6 is 11.6 Å². The van der Waals surface area contributed by atoms with Gasteiger partial charge >= 0.3 is 6.18 Å². The van der Waals surface area contributed by atoms with Crippen LogP contribution in [-0.4, -0.2) is 32.0 Å². The summed E-state index contributed by atoms with van der Waals surface area (Å²) >= 11 is 6.03. The lowest BCUT2D eigenvalue weighted by Gasteiger charge is -2.49. The first kappa shape index (κ1) is 22.5. The minimum absolute atomic E-state index is 0.00779. The quantitative estimate of drug-likeness (QED) is 0.428. The number of anilines is 1. The van der Waals surface area contributed by atoms with Crippen LogP contribution in [0.25, 0.3) is 10.9 Å². The fourth-order valence-electron chi connectivity index (χ4n) is 4.58. The number of aromatic nitrogens is 2. The maximum atomic E-state index is 14.3. The van der Waals surface area contributed by atoms with Crippen LogP contribution < -0.4 is 5.32 Å². The number of aromatic hydroxyl groups is 1. The van der Waals surface area contributed by atoms with E-state index in [1.165, 1.54) is 32.2 Å². The monoisotopic (exact) mass is 469 g/mol. The van der Waals surface area contributed by atoms with Gasteiger partial charge in [0.2, 0.25) is 0 Å². The molecule has 170 valence electrons. The molecule has 0 fully saturated rings. The Balaban J connectivity index is 1.98. The highest BCUT2D eigenvalue weighted by molar-refractivity contribution is 6.32. The molecule has 4 rings (SSSR count). The van der Waals surface area contributed by atoms with Gasteiger partial charge < -0.3 is 15.5 Å². The molecule has 3 aromatic rings. The second-order valence-electron chi connectivity index (χ2n) is 8.72. The Morgan fingerprint density at radius 3 is 2.56 bits per heavy atom. The number of aliphatic hydroxyl groups is 1. The number of benzene rings is 2. The smallest absolute Gasteiger partial charge is 0.419 e. The molecule has 0 amide bonds. The predicted molar refractivity (Wildman–Crippen MR) is 112 cm³/mol. The van der Waals surface area contributed by atoms with E-state index in [0.29, 0.717) is 5.82 Å². The molecule has 5 nitrogen and oxygen atoms in total. The molecule has 1 aliphatic carbocycles. The zero-order valence-electron chi connectivity index (χ0n) is 17.3. The average Bonchev–Trinajstić information content (AvgIpc) is 2.65. The maximum absolute atomic E-state index is 14.3. The summed E-state index contributed by atoms with van der Waals surface area (Å²) in [6, 6.07) is 3.00. The largest absolute Gasteiger partial charge is 0.506 e. The van der Waals surface area contributed by atoms with Crippen LogP contribution in [0.5, 0.6) is 5.75 Å². The van der Waals surface area contributed by atoms with Gasteiger partial charge in [0.15, 0.2) is 5.60 Å². The van der Waals surface area contributed by atoms with E-state index in [1.54, 1.807) is 6.92 Å². The Kier molecular flexibility index (Phi) is 5.06. The molecule has 2 aromatic carbocycles. The van der Waals surface area contributed by atoms with Crippen LogP contribution in [0.3, 0.4) is 0 Å². The lowest BCUT2D eigenvalue weighted by molar-refractivity contribution is -0.275. The van der Waals surface area contributed by atoms with Gasteiger partial charge in [-0.05, 0) is 36.5 Å². The number of aryl methyl sites for hydroxylation is 1. The molecule has 1 aliphatic rings. The first-order valence-electron chi connectivity index (χ1n) is 9.75. The molecular weight excluding hydrogens is 450 g/mol. The summed E-state index contributed by atoms with van der Waals surface area (Å²) in [5.41, 5.74) is -4.12. The van der Waals surface area contributed by atoms with Crippen molar-refractivity contribution in [3.8, 4) is 5.75 Å². The Morgan fingerprint density at radius 2 is 1.91 bits per heavy atom. The second kappa shape index (κ2) is 7.18. The third kappa shape index (κ3) is 3.44. The number of phenolic OH excluding ortho intramolecular Hbond substituents is 1. The molecule has 0 saturated heterocycles. The number of phenols is 1. The van der Waals surface area contributed by atoms with E-state index < -0.39 is 35.5 Å². The maximum Gasteiger partial charge on any atom is 0.419 e. The summed E-state index contributed by atoms with van der Waals surface area (Å²) < 4.78 is 57.1. The normalized spacial score (nSPS) is 22.6. The van der Waals surface area contributed by atoms with Crippen LogP contribution in [0.4, 0.5) is 23.2 Å². The summed E-state index contributed by atoms with van der Waals surface area (Å²) in [6.07, 6.45) is -4.42. The lowest BCUT2D eigenvalue weighted by atomic mass is 9.63. The van der Waals surface area contributed by atoms with Crippen LogP contribution in [0, 0.1) is 12.7 Å². The standard InChI is InChI=1S/C22H20ClF4N3O2/c1-10-28-8-13-15(29-10)6-11(24)7-16(13)30-19-12-4-5-14(23)18(31)17(12)20(2,3)9-21(19,32)22(25,26)27/h4-8,19,30-32H,9H2,1-3H3. The zero-order valence-corrected chi connectivity index (χ0v) is 18.1. The van der Waals surface area contributed by atoms with Gasteiger partial charge in [-0.1, -0.05) is 31.5 Å². The van der Waals surface area contributed by atoms with E-state index in [4.69, 9.17) is 11.6 Å². The van der Waals surface area contributed by atoms with Gasteiger partial charge in [0.05, 0.1) is 16.6 Å². The van der Waals surface area contributed by atoms with Crippen molar-refractivity contribution in [1.82, 2.24) is 9.97 Å². The fourth-order valence-corrected chi connectivity index (χ4v) is 4.74. The summed E-state index contributed by atoms with van der Waals surface area (Å²) in [7, 11) is 0. The number of alkyl halides is 3. The van der Waals surface area contributed by atoms with Gasteiger partial charge in [-0.15, -0.1) is 0 Å². The van der Waals surface area contributed by atoms with Crippen molar-refractivity contribution in [2.45, 2.75) is 50.4 Å². The fraction of sp³-hybridized carbons (Fsp3) is 0.364. The Morgan fingerprint density at radius 1 is 1.22 bits per heavy atom. The molecule has 0 aliphatic heterocycles. The molecule has 1 aromatic heterocycles. The molecule has 1 heterocycles. The van der Waals surface area contributed by atoms with Crippen LogP contribution in [0.15, 0.2) is 30.5 Å². The van der Waals surface area contributed by atoms with E-state index in [9.17, 15) is 27.8 Å². The minimum atomic E-state index is -5.04. The van der Waals surface area contributed by atoms with Crippen molar-refractivity contribution >= 4 is 28.2 Å². The summed E-state index contributed by atoms with van der Waals surface area (Å²) in [5.74, 6) is -0.706. The van der Waals surface area contributed by atoms with Crippen molar-refractivity contribution in [2.24, 2.45) is 0 Å². The topological polar surface area (TPSA) is 78.3 Å². The third-order valence-electron chi connectivity index (χ3n) is 5.91. The van der Waals surface area contributed by atoms with Gasteiger partial charge in [0, 0.05) is 28.9 Å². The Bertz CT molecular complexity index is 1230. The molecule has 0 saturated carbocycles. The van der Waals surface area contributed by atoms with E-state index in [0.717, 1.165) is 12.1 Å². The molecule has 0 spiro atoms. The lowest BCUT2D eigenvalue weighted by Crippen LogP contribution is -2.58. The Hall–Kier alpha value is -2.65. The zero-order chi connectivity index (χ0) is 23.6. The molecule has 10 heteroatoms. The van der Waals surface area contributed by atoms with Crippen molar-refractivity contribution in [3.63, 3.8) is 0 Å². The van der Waals surface area contributed by atoms with Crippen molar-refractivity contribution in [3.05, 3.63) is 58.3 Å². The van der Waals surface area contributed by atoms with Gasteiger partial charge in [0.1, 0.15) is 17.4 Å². The second-order valence-corrected chi connectivity index (χ2v) is 9.13. The van der Waals surface area contributed by atoms with Gasteiger partial charge in [-0.2, -0.15) is 13.2 Å². The van der Waals surface area contributed by atoms with Crippen LogP contribution in [0.2, 0.25) is 5.02 Å². The van der Waals surface area contributed by atoms with Crippen LogP contribution in [-0.2, 0) is 5.41 Å². The van der Waals surface area contributed by atoms with E-state index in [1.807, 2.05) is 0 Å². The number of fused-ring (bicyclic) bond motifs is 2. The van der Waals surface area contributed by atoms with E-state index in [2.05, 4.69) is 15.3 Å². The van der Waals surface area contributed by atoms with Crippen molar-refractivity contribution in [2.75, 3.05) is 5.32 Å². The summed E-state index contributed by atoms with van der Waals surface area (Å²) in [6.45, 7) is 4.58. The Labute approximate surface area is 186 Å². The predicted octanol–water partition coefficient (Wildman–Crippen LogP) is 5.56. The number of nitrogens with zero attached hydrogens (tertiary/aromatic N) is 2. The molecule has 3 N–H and O–H groups in total. The highest BCUT2D eigenvalue weighted by Gasteiger charge is 2.64. The number of rotatable bonds is 2. The SMILES string of the molecule is Cc1ncc2c(NC3c4ccc(Cl)c(O)c4C(C)(C)CC3(O)C(F)(F)F)cc(F)cc2n1. The number of halogens is 5. The van der Waals surface area contributed by atoms with Gasteiger partial charge in [-0.25, -0.2) is 14.4 Å². The third-order valence-corrected chi connectivity index (χ3v) is 6.22. The van der Waals surface area contributed by atoms with Gasteiger partial charge in [-0.3, -0.25) is 0 Å². The molecule has 32 heavy (non-hydrogen) atoms. The molecular formula is C22H20ClF4N3O2. The highest BCUT2D eigenvalue weighted by Crippen LogP contribution is 2.57. The molecule has 0 bridgehead atoms. The first-order valence-corrected chi connectivity index (χ1v) is 10.1. The highest BCUT2D eigenvalue weighted by atomic mass is 35.5. The molecule has 0 radical (unpaired) electrons. The van der Waals surface area contributed by atoms with Crippen LogP contribution in [0.1, 0.15) is 43.3 Å². The summed E-state index contributed by atoms with van der Waals surface area (Å²) in [5, 5.41) is 24.6. The van der Waals surface area contributed by atoms with Crippen molar-refractivity contribution in [1.29, 1.82) is 0 Å². The molecule has 2 atom stereocenters. The first-order chi connectivity index (χ1) is 14.7. The van der Waals surface area contributed by atoms with E-state index in [-0.39, 0.29) is 38.5 Å². The average molecular weight is 470 g/mol. The number of hydrogen-bond acceptors (Lipinski definition) is 5. The number of hydrogen-bond donors (Lipinski definition) is 3. The molecule has 2 unspecified atom stereocenters. The van der Waals surface area contributed by atoms with E-state index >= 15 is 0 Å². The summed E-state index contributed by atoms with van der Waals surface area (Å²) in [4.78, 5) is 8.19. The van der Waals surface area contributed by atoms with Crippen molar-refractivity contribution < 1.29 is 27.8 Å². The number of nitrogens with one attached hydrogen (secondary N) is 1.